The molecule has 0 aliphatic carbocycles. The van der Waals surface area contributed by atoms with Gasteiger partial charge in [0.2, 0.25) is 0 Å². The van der Waals surface area contributed by atoms with Crippen LogP contribution in [0.5, 0.6) is 11.5 Å². The summed E-state index contributed by atoms with van der Waals surface area (Å²) in [7, 11) is 1.60. The second-order valence-corrected chi connectivity index (χ2v) is 5.86. The molecule has 1 aliphatic rings. The molecule has 2 aromatic carbocycles. The predicted molar refractivity (Wildman–Crippen MR) is 90.1 cm³/mol. The topological polar surface area (TPSA) is 39.7 Å². The van der Waals surface area contributed by atoms with Gasteiger partial charge in [0, 0.05) is 13.1 Å². The maximum absolute atomic E-state index is 13.7. The summed E-state index contributed by atoms with van der Waals surface area (Å²) in [6.07, 6.45) is -0.630. The Balaban J connectivity index is 1.94. The fourth-order valence-corrected chi connectivity index (χ4v) is 2.84. The third-order valence-electron chi connectivity index (χ3n) is 4.04. The molecule has 128 valence electrons. The zero-order valence-electron chi connectivity index (χ0n) is 13.9. The van der Waals surface area contributed by atoms with Crippen molar-refractivity contribution in [1.29, 1.82) is 0 Å². The quantitative estimate of drug-likeness (QED) is 0.913. The van der Waals surface area contributed by atoms with Gasteiger partial charge in [0.1, 0.15) is 11.9 Å². The Bertz CT molecular complexity index is 686. The highest BCUT2D eigenvalue weighted by Crippen LogP contribution is 2.34. The SMILES string of the molecule is COc1ccc(C)cc1O[C@@H](c1cccc(F)c1)C1CNCCO1. The molecule has 0 bridgehead atoms. The predicted octanol–water partition coefficient (Wildman–Crippen LogP) is 3.25. The van der Waals surface area contributed by atoms with Crippen LogP contribution in [0.15, 0.2) is 42.5 Å². The molecule has 0 radical (unpaired) electrons. The molecule has 1 unspecified atom stereocenters. The molecule has 1 fully saturated rings. The maximum atomic E-state index is 13.7. The van der Waals surface area contributed by atoms with Crippen LogP contribution < -0.4 is 14.8 Å². The van der Waals surface area contributed by atoms with Crippen molar-refractivity contribution in [2.75, 3.05) is 26.8 Å². The van der Waals surface area contributed by atoms with Crippen LogP contribution in [0.25, 0.3) is 0 Å². The molecule has 1 heterocycles. The van der Waals surface area contributed by atoms with Crippen LogP contribution in [0.4, 0.5) is 4.39 Å². The van der Waals surface area contributed by atoms with E-state index >= 15 is 0 Å². The van der Waals surface area contributed by atoms with Gasteiger partial charge in [-0.15, -0.1) is 0 Å². The maximum Gasteiger partial charge on any atom is 0.162 e. The first-order valence-corrected chi connectivity index (χ1v) is 8.06. The van der Waals surface area contributed by atoms with E-state index in [0.717, 1.165) is 17.7 Å². The molecule has 24 heavy (non-hydrogen) atoms. The number of halogens is 1. The van der Waals surface area contributed by atoms with E-state index in [4.69, 9.17) is 14.2 Å². The van der Waals surface area contributed by atoms with Gasteiger partial charge in [0.25, 0.3) is 0 Å². The average Bonchev–Trinajstić information content (AvgIpc) is 2.60. The van der Waals surface area contributed by atoms with E-state index in [1.807, 2.05) is 31.2 Å². The summed E-state index contributed by atoms with van der Waals surface area (Å²) in [5.41, 5.74) is 1.80. The Morgan fingerprint density at radius 1 is 1.21 bits per heavy atom. The van der Waals surface area contributed by atoms with Gasteiger partial charge in [-0.3, -0.25) is 0 Å². The van der Waals surface area contributed by atoms with Crippen molar-refractivity contribution >= 4 is 0 Å². The zero-order chi connectivity index (χ0) is 16.9. The Morgan fingerprint density at radius 3 is 2.79 bits per heavy atom. The lowest BCUT2D eigenvalue weighted by molar-refractivity contribution is -0.0439. The average molecular weight is 331 g/mol. The lowest BCUT2D eigenvalue weighted by Crippen LogP contribution is -2.43. The number of rotatable bonds is 5. The van der Waals surface area contributed by atoms with E-state index in [2.05, 4.69) is 5.32 Å². The van der Waals surface area contributed by atoms with Crippen molar-refractivity contribution in [2.45, 2.75) is 19.1 Å². The Morgan fingerprint density at radius 2 is 2.08 bits per heavy atom. The molecule has 5 heteroatoms. The zero-order valence-corrected chi connectivity index (χ0v) is 13.9. The molecular formula is C19H22FNO3. The van der Waals surface area contributed by atoms with Gasteiger partial charge < -0.3 is 19.5 Å². The number of hydrogen-bond acceptors (Lipinski definition) is 4. The van der Waals surface area contributed by atoms with Gasteiger partial charge in [-0.25, -0.2) is 4.39 Å². The Labute approximate surface area is 141 Å². The van der Waals surface area contributed by atoms with Crippen molar-refractivity contribution in [1.82, 2.24) is 5.32 Å². The van der Waals surface area contributed by atoms with Crippen LogP contribution in [-0.2, 0) is 4.74 Å². The smallest absolute Gasteiger partial charge is 0.162 e. The van der Waals surface area contributed by atoms with Crippen molar-refractivity contribution < 1.29 is 18.6 Å². The van der Waals surface area contributed by atoms with Crippen LogP contribution in [0.3, 0.4) is 0 Å². The van der Waals surface area contributed by atoms with Gasteiger partial charge in [0.05, 0.1) is 13.7 Å². The van der Waals surface area contributed by atoms with Crippen molar-refractivity contribution in [3.05, 3.63) is 59.4 Å². The lowest BCUT2D eigenvalue weighted by Gasteiger charge is -2.32. The third kappa shape index (κ3) is 3.86. The number of ether oxygens (including phenoxy) is 3. The van der Waals surface area contributed by atoms with Gasteiger partial charge >= 0.3 is 0 Å². The van der Waals surface area contributed by atoms with Gasteiger partial charge in [0.15, 0.2) is 17.6 Å². The molecule has 2 atom stereocenters. The number of methoxy groups -OCH3 is 1. The molecular weight excluding hydrogens is 309 g/mol. The van der Waals surface area contributed by atoms with Crippen LogP contribution >= 0.6 is 0 Å². The molecule has 1 N–H and O–H groups in total. The summed E-state index contributed by atoms with van der Waals surface area (Å²) < 4.78 is 31.2. The van der Waals surface area contributed by atoms with Gasteiger partial charge in [-0.1, -0.05) is 18.2 Å². The number of nitrogens with one attached hydrogen (secondary N) is 1. The van der Waals surface area contributed by atoms with E-state index < -0.39 is 6.10 Å². The monoisotopic (exact) mass is 331 g/mol. The summed E-state index contributed by atoms with van der Waals surface area (Å²) >= 11 is 0. The minimum Gasteiger partial charge on any atom is -0.493 e. The molecule has 4 nitrogen and oxygen atoms in total. The van der Waals surface area contributed by atoms with Crippen molar-refractivity contribution in [2.24, 2.45) is 0 Å². The van der Waals surface area contributed by atoms with Crippen LogP contribution in [-0.4, -0.2) is 32.9 Å². The molecule has 0 spiro atoms. The summed E-state index contributed by atoms with van der Waals surface area (Å²) in [6.45, 7) is 4.04. The van der Waals surface area contributed by atoms with Crippen LogP contribution in [0.1, 0.15) is 17.2 Å². The molecule has 0 saturated carbocycles. The summed E-state index contributed by atoms with van der Waals surface area (Å²) in [4.78, 5) is 0. The summed E-state index contributed by atoms with van der Waals surface area (Å²) in [6, 6.07) is 12.2. The van der Waals surface area contributed by atoms with E-state index in [1.165, 1.54) is 12.1 Å². The van der Waals surface area contributed by atoms with Crippen molar-refractivity contribution in [3.8, 4) is 11.5 Å². The summed E-state index contributed by atoms with van der Waals surface area (Å²) in [5, 5.41) is 3.30. The molecule has 1 saturated heterocycles. The highest BCUT2D eigenvalue weighted by Gasteiger charge is 2.29. The fraction of sp³-hybridized carbons (Fsp3) is 0.368. The molecule has 1 aliphatic heterocycles. The van der Waals surface area contributed by atoms with Gasteiger partial charge in [-0.2, -0.15) is 0 Å². The summed E-state index contributed by atoms with van der Waals surface area (Å²) in [5.74, 6) is 0.979. The Hall–Kier alpha value is -2.11. The molecule has 2 aromatic rings. The fourth-order valence-electron chi connectivity index (χ4n) is 2.84. The minimum atomic E-state index is -0.427. The highest BCUT2D eigenvalue weighted by molar-refractivity contribution is 5.43. The van der Waals surface area contributed by atoms with Crippen molar-refractivity contribution in [3.63, 3.8) is 0 Å². The normalized spacial score (nSPS) is 18.9. The Kier molecular flexibility index (Phi) is 5.33. The van der Waals surface area contributed by atoms with E-state index in [9.17, 15) is 4.39 Å². The first-order chi connectivity index (χ1) is 11.7. The van der Waals surface area contributed by atoms with E-state index in [-0.39, 0.29) is 11.9 Å². The first kappa shape index (κ1) is 16.7. The highest BCUT2D eigenvalue weighted by atomic mass is 19.1. The van der Waals surface area contributed by atoms with Crippen LogP contribution in [0, 0.1) is 12.7 Å². The number of morpholine rings is 1. The second kappa shape index (κ2) is 7.64. The largest absolute Gasteiger partial charge is 0.493 e. The van der Waals surface area contributed by atoms with E-state index in [0.29, 0.717) is 24.7 Å². The first-order valence-electron chi connectivity index (χ1n) is 8.06. The minimum absolute atomic E-state index is 0.203. The molecule has 3 rings (SSSR count). The molecule has 0 aromatic heterocycles. The second-order valence-electron chi connectivity index (χ2n) is 5.86. The van der Waals surface area contributed by atoms with Crippen LogP contribution in [0.2, 0.25) is 0 Å². The number of hydrogen-bond donors (Lipinski definition) is 1. The standard InChI is InChI=1S/C19H22FNO3/c1-13-6-7-16(22-2)17(10-13)24-19(18-12-21-8-9-23-18)14-4-3-5-15(20)11-14/h3-7,10-11,18-19,21H,8-9,12H2,1-2H3/t18?,19-/m0/s1. The third-order valence-corrected chi connectivity index (χ3v) is 4.04. The number of aryl methyl sites for hydroxylation is 1. The van der Waals surface area contributed by atoms with E-state index in [1.54, 1.807) is 13.2 Å². The molecule has 0 amide bonds. The lowest BCUT2D eigenvalue weighted by atomic mass is 10.0. The van der Waals surface area contributed by atoms with Gasteiger partial charge in [-0.05, 0) is 42.3 Å². The number of benzene rings is 2.